The maximum absolute atomic E-state index is 13.1. The summed E-state index contributed by atoms with van der Waals surface area (Å²) in [6.07, 6.45) is 0.497. The largest absolute Gasteiger partial charge is 0.478 e. The number of hydrogen-bond donors (Lipinski definition) is 3. The smallest absolute Gasteiger partial charge is 0.335 e. The molecule has 0 unspecified atom stereocenters. The number of carboxylic acid groups (broad SMARTS) is 1. The highest BCUT2D eigenvalue weighted by atomic mass is 32.2. The van der Waals surface area contributed by atoms with E-state index in [-0.39, 0.29) is 34.2 Å². The lowest BCUT2D eigenvalue weighted by molar-refractivity contribution is -0.118. The fourth-order valence-electron chi connectivity index (χ4n) is 3.48. The van der Waals surface area contributed by atoms with Crippen molar-refractivity contribution >= 4 is 55.2 Å². The van der Waals surface area contributed by atoms with Gasteiger partial charge in [-0.05, 0) is 53.3 Å². The summed E-state index contributed by atoms with van der Waals surface area (Å²) < 4.78 is 24.7. The normalized spacial score (nSPS) is 11.5. The van der Waals surface area contributed by atoms with Gasteiger partial charge >= 0.3 is 5.97 Å². The van der Waals surface area contributed by atoms with Gasteiger partial charge in [0.1, 0.15) is 4.70 Å². The molecule has 2 aromatic carbocycles. The molecule has 0 saturated heterocycles. The number of aromatic carboxylic acids is 1. The molecule has 0 atom stereocenters. The lowest BCUT2D eigenvalue weighted by Gasteiger charge is -2.12. The van der Waals surface area contributed by atoms with E-state index in [0.717, 1.165) is 22.9 Å². The third-order valence-electron chi connectivity index (χ3n) is 5.39. The Morgan fingerprint density at radius 2 is 1.73 bits per heavy atom. The summed E-state index contributed by atoms with van der Waals surface area (Å²) in [4.78, 5) is 41.3. The molecule has 192 valence electrons. The van der Waals surface area contributed by atoms with Gasteiger partial charge < -0.3 is 10.4 Å². The molecule has 0 aliphatic rings. The molecule has 0 bridgehead atoms. The van der Waals surface area contributed by atoms with Crippen LogP contribution in [0.4, 0.5) is 0 Å². The first kappa shape index (κ1) is 26.5. The molecule has 1 amide bonds. The molecule has 0 aliphatic carbocycles. The van der Waals surface area contributed by atoms with Crippen LogP contribution in [0.1, 0.15) is 21.5 Å². The minimum atomic E-state index is -3.76. The number of carboxylic acids is 1. The molecule has 4 aromatic rings. The molecule has 4 rings (SSSR count). The molecule has 0 saturated carbocycles. The van der Waals surface area contributed by atoms with Gasteiger partial charge in [0.25, 0.3) is 5.56 Å². The lowest BCUT2D eigenvalue weighted by atomic mass is 10.1. The van der Waals surface area contributed by atoms with Crippen molar-refractivity contribution in [2.75, 3.05) is 12.3 Å². The number of primary sulfonamides is 1. The molecule has 0 fully saturated rings. The molecule has 0 radical (unpaired) electrons. The fourth-order valence-corrected chi connectivity index (χ4v) is 5.60. The summed E-state index contributed by atoms with van der Waals surface area (Å²) >= 11 is 2.42. The van der Waals surface area contributed by atoms with Gasteiger partial charge in [-0.2, -0.15) is 0 Å². The predicted molar refractivity (Wildman–Crippen MR) is 142 cm³/mol. The van der Waals surface area contributed by atoms with Gasteiger partial charge in [-0.15, -0.1) is 11.3 Å². The zero-order valence-corrected chi connectivity index (χ0v) is 21.7. The van der Waals surface area contributed by atoms with Crippen molar-refractivity contribution < 1.29 is 23.1 Å². The van der Waals surface area contributed by atoms with E-state index in [4.69, 9.17) is 10.2 Å². The van der Waals surface area contributed by atoms with Gasteiger partial charge in [0.15, 0.2) is 5.16 Å². The van der Waals surface area contributed by atoms with Gasteiger partial charge in [-0.25, -0.2) is 23.3 Å². The lowest BCUT2D eigenvalue weighted by Crippen LogP contribution is -2.28. The number of carbonyl (C=O) groups is 2. The second kappa shape index (κ2) is 11.3. The van der Waals surface area contributed by atoms with E-state index in [0.29, 0.717) is 28.3 Å². The van der Waals surface area contributed by atoms with Gasteiger partial charge in [-0.1, -0.05) is 36.0 Å². The van der Waals surface area contributed by atoms with Crippen LogP contribution in [0, 0.1) is 0 Å². The van der Waals surface area contributed by atoms with Crippen molar-refractivity contribution in [3.05, 3.63) is 87.0 Å². The number of amides is 1. The second-order valence-electron chi connectivity index (χ2n) is 8.00. The number of fused-ring (bicyclic) bond motifs is 1. The van der Waals surface area contributed by atoms with Gasteiger partial charge in [0.05, 0.1) is 28.3 Å². The van der Waals surface area contributed by atoms with E-state index in [2.05, 4.69) is 10.3 Å². The number of nitrogens with zero attached hydrogens (tertiary/aromatic N) is 2. The summed E-state index contributed by atoms with van der Waals surface area (Å²) in [5.41, 5.74) is 2.04. The molecule has 2 aromatic heterocycles. The van der Waals surface area contributed by atoms with Crippen LogP contribution in [-0.2, 0) is 27.8 Å². The van der Waals surface area contributed by atoms with Crippen LogP contribution in [0.15, 0.2) is 74.8 Å². The van der Waals surface area contributed by atoms with Crippen molar-refractivity contribution in [2.45, 2.75) is 23.0 Å². The standard InChI is InChI=1S/C24H22N4O6S3/c25-37(33,34)18-7-3-15(4-8-18)9-11-26-20(29)14-36-24-27-19-10-12-35-21(19)22(30)28(24)13-16-1-5-17(6-2-16)23(31)32/h1-8,10,12H,9,11,13-14H2,(H,26,29)(H,31,32)(H2,25,33,34). The van der Waals surface area contributed by atoms with Crippen LogP contribution in [-0.4, -0.2) is 47.2 Å². The van der Waals surface area contributed by atoms with Crippen molar-refractivity contribution in [1.82, 2.24) is 14.9 Å². The summed E-state index contributed by atoms with van der Waals surface area (Å²) in [5, 5.41) is 19.2. The van der Waals surface area contributed by atoms with Gasteiger partial charge in [-0.3, -0.25) is 14.2 Å². The minimum absolute atomic E-state index is 0.0238. The molecule has 0 aliphatic heterocycles. The van der Waals surface area contributed by atoms with E-state index >= 15 is 0 Å². The van der Waals surface area contributed by atoms with Crippen molar-refractivity contribution in [3.8, 4) is 0 Å². The first-order valence-electron chi connectivity index (χ1n) is 10.9. The number of nitrogens with one attached hydrogen (secondary N) is 1. The van der Waals surface area contributed by atoms with E-state index in [1.54, 1.807) is 35.7 Å². The number of aromatic nitrogens is 2. The van der Waals surface area contributed by atoms with Crippen LogP contribution in [0.25, 0.3) is 10.2 Å². The molecular weight excluding hydrogens is 536 g/mol. The highest BCUT2D eigenvalue weighted by Gasteiger charge is 2.15. The van der Waals surface area contributed by atoms with E-state index in [9.17, 15) is 22.8 Å². The number of carbonyl (C=O) groups excluding carboxylic acids is 1. The van der Waals surface area contributed by atoms with Gasteiger partial charge in [0, 0.05) is 6.54 Å². The second-order valence-corrected chi connectivity index (χ2v) is 11.4. The third-order valence-corrected chi connectivity index (χ3v) is 8.19. The molecule has 37 heavy (non-hydrogen) atoms. The Bertz CT molecular complexity index is 1610. The maximum Gasteiger partial charge on any atom is 0.335 e. The molecule has 0 spiro atoms. The predicted octanol–water partition coefficient (Wildman–Crippen LogP) is 2.30. The molecule has 4 N–H and O–H groups in total. The Morgan fingerprint density at radius 1 is 1.05 bits per heavy atom. The van der Waals surface area contributed by atoms with Gasteiger partial charge in [0.2, 0.25) is 15.9 Å². The SMILES string of the molecule is NS(=O)(=O)c1ccc(CCNC(=O)CSc2nc3ccsc3c(=O)n2Cc2ccc(C(=O)O)cc2)cc1. The Balaban J connectivity index is 1.41. The zero-order chi connectivity index (χ0) is 26.6. The third kappa shape index (κ3) is 6.63. The Kier molecular flexibility index (Phi) is 8.07. The van der Waals surface area contributed by atoms with E-state index in [1.165, 1.54) is 40.2 Å². The van der Waals surface area contributed by atoms with Crippen molar-refractivity contribution in [2.24, 2.45) is 5.14 Å². The number of thiophene rings is 1. The fraction of sp³-hybridized carbons (Fsp3) is 0.167. The Morgan fingerprint density at radius 3 is 2.38 bits per heavy atom. The van der Waals surface area contributed by atoms with Crippen LogP contribution < -0.4 is 16.0 Å². The number of rotatable bonds is 10. The summed E-state index contributed by atoms with van der Waals surface area (Å²) in [6.45, 7) is 0.520. The number of benzene rings is 2. The highest BCUT2D eigenvalue weighted by Crippen LogP contribution is 2.22. The van der Waals surface area contributed by atoms with E-state index < -0.39 is 16.0 Å². The number of nitrogens with two attached hydrogens (primary N) is 1. The van der Waals surface area contributed by atoms with Crippen LogP contribution in [0.2, 0.25) is 0 Å². The quantitative estimate of drug-likeness (QED) is 0.197. The Hall–Kier alpha value is -3.52. The van der Waals surface area contributed by atoms with Crippen LogP contribution in [0.5, 0.6) is 0 Å². The van der Waals surface area contributed by atoms with Crippen LogP contribution in [0.3, 0.4) is 0 Å². The number of sulfonamides is 1. The van der Waals surface area contributed by atoms with Crippen molar-refractivity contribution in [1.29, 1.82) is 0 Å². The summed E-state index contributed by atoms with van der Waals surface area (Å²) in [6, 6.07) is 14.1. The van der Waals surface area contributed by atoms with Crippen molar-refractivity contribution in [3.63, 3.8) is 0 Å². The first-order chi connectivity index (χ1) is 17.6. The first-order valence-corrected chi connectivity index (χ1v) is 14.3. The minimum Gasteiger partial charge on any atom is -0.478 e. The zero-order valence-electron chi connectivity index (χ0n) is 19.3. The molecule has 2 heterocycles. The molecule has 10 nitrogen and oxygen atoms in total. The molecular formula is C24H22N4O6S3. The maximum atomic E-state index is 13.1. The summed E-state index contributed by atoms with van der Waals surface area (Å²) in [5.74, 6) is -1.25. The summed E-state index contributed by atoms with van der Waals surface area (Å²) in [7, 11) is -3.76. The number of thioether (sulfide) groups is 1. The Labute approximate surface area is 220 Å². The molecule has 13 heteroatoms. The monoisotopic (exact) mass is 558 g/mol. The topological polar surface area (TPSA) is 161 Å². The number of hydrogen-bond acceptors (Lipinski definition) is 8. The highest BCUT2D eigenvalue weighted by molar-refractivity contribution is 7.99. The average molecular weight is 559 g/mol. The van der Waals surface area contributed by atoms with E-state index in [1.807, 2.05) is 0 Å². The van der Waals surface area contributed by atoms with Crippen LogP contribution >= 0.6 is 23.1 Å². The average Bonchev–Trinajstić information content (AvgIpc) is 3.34.